The zero-order valence-corrected chi connectivity index (χ0v) is 16.1. The molecule has 2 aromatic rings. The number of fused-ring (bicyclic) bond motifs is 1. The van der Waals surface area contributed by atoms with Crippen LogP contribution in [0, 0.1) is 0 Å². The Bertz CT molecular complexity index is 785. The van der Waals surface area contributed by atoms with Crippen LogP contribution in [0.25, 0.3) is 0 Å². The zero-order chi connectivity index (χ0) is 18.9. The molecule has 1 aromatic heterocycles. The molecule has 3 rings (SSSR count). The van der Waals surface area contributed by atoms with Crippen LogP contribution in [0.2, 0.25) is 0 Å². The second kappa shape index (κ2) is 7.14. The van der Waals surface area contributed by atoms with E-state index in [9.17, 15) is 9.90 Å². The molecule has 1 aliphatic rings. The molecule has 0 aliphatic heterocycles. The minimum Gasteiger partial charge on any atom is -0.497 e. The maximum Gasteiger partial charge on any atom is 0.303 e. The molecule has 0 amide bonds. The molecule has 1 unspecified atom stereocenters. The quantitative estimate of drug-likeness (QED) is 0.875. The van der Waals surface area contributed by atoms with E-state index in [1.54, 1.807) is 7.11 Å². The Labute approximate surface area is 155 Å². The molecule has 5 nitrogen and oxygen atoms in total. The molecule has 0 spiro atoms. The fourth-order valence-electron chi connectivity index (χ4n) is 3.92. The molecule has 140 valence electrons. The van der Waals surface area contributed by atoms with E-state index < -0.39 is 5.97 Å². The van der Waals surface area contributed by atoms with Crippen LogP contribution in [-0.4, -0.2) is 28.0 Å². The third-order valence-corrected chi connectivity index (χ3v) is 5.06. The van der Waals surface area contributed by atoms with E-state index in [0.29, 0.717) is 6.42 Å². The van der Waals surface area contributed by atoms with Crippen molar-refractivity contribution < 1.29 is 14.6 Å². The van der Waals surface area contributed by atoms with Gasteiger partial charge < -0.3 is 9.84 Å². The Kier molecular flexibility index (Phi) is 5.08. The number of aliphatic carboxylic acids is 1. The lowest BCUT2D eigenvalue weighted by Crippen LogP contribution is -2.27. The Balaban J connectivity index is 2.02. The van der Waals surface area contributed by atoms with E-state index in [4.69, 9.17) is 9.84 Å². The second-order valence-corrected chi connectivity index (χ2v) is 8.10. The van der Waals surface area contributed by atoms with Crippen LogP contribution in [0.1, 0.15) is 68.5 Å². The lowest BCUT2D eigenvalue weighted by Gasteiger charge is -2.27. The van der Waals surface area contributed by atoms with Gasteiger partial charge in [-0.1, -0.05) is 12.1 Å². The summed E-state index contributed by atoms with van der Waals surface area (Å²) >= 11 is 0. The number of hydrogen-bond acceptors (Lipinski definition) is 3. The average Bonchev–Trinajstić information content (AvgIpc) is 2.95. The summed E-state index contributed by atoms with van der Waals surface area (Å²) in [7, 11) is 1.66. The minimum atomic E-state index is -0.734. The first-order chi connectivity index (χ1) is 12.3. The van der Waals surface area contributed by atoms with E-state index in [1.807, 2.05) is 12.1 Å². The largest absolute Gasteiger partial charge is 0.497 e. The van der Waals surface area contributed by atoms with Gasteiger partial charge >= 0.3 is 5.97 Å². The van der Waals surface area contributed by atoms with Crippen molar-refractivity contribution >= 4 is 5.97 Å². The van der Waals surface area contributed by atoms with Crippen molar-refractivity contribution in [2.45, 2.75) is 64.3 Å². The molecule has 5 heteroatoms. The van der Waals surface area contributed by atoms with E-state index in [-0.39, 0.29) is 17.9 Å². The second-order valence-electron chi connectivity index (χ2n) is 8.10. The smallest absolute Gasteiger partial charge is 0.303 e. The topological polar surface area (TPSA) is 64.4 Å². The number of carboxylic acid groups (broad SMARTS) is 1. The van der Waals surface area contributed by atoms with Gasteiger partial charge in [0.25, 0.3) is 0 Å². The first-order valence-corrected chi connectivity index (χ1v) is 9.25. The Morgan fingerprint density at radius 1 is 1.31 bits per heavy atom. The summed E-state index contributed by atoms with van der Waals surface area (Å²) in [5.74, 6) is 0.155. The number of methoxy groups -OCH3 is 1. The molecule has 1 N–H and O–H groups in total. The predicted molar refractivity (Wildman–Crippen MR) is 101 cm³/mol. The summed E-state index contributed by atoms with van der Waals surface area (Å²) in [6.45, 7) is 6.45. The molecular weight excluding hydrogens is 328 g/mol. The molecule has 1 heterocycles. The fraction of sp³-hybridized carbons (Fsp3) is 0.524. The van der Waals surface area contributed by atoms with Crippen molar-refractivity contribution in [3.8, 4) is 5.75 Å². The summed E-state index contributed by atoms with van der Waals surface area (Å²) in [6, 6.07) is 8.02. The number of carboxylic acids is 1. The molecule has 0 bridgehead atoms. The van der Waals surface area contributed by atoms with Gasteiger partial charge in [0.15, 0.2) is 0 Å². The number of benzene rings is 1. The molecule has 1 aromatic carbocycles. The number of nitrogens with zero attached hydrogens (tertiary/aromatic N) is 2. The van der Waals surface area contributed by atoms with Crippen molar-refractivity contribution in [1.29, 1.82) is 0 Å². The van der Waals surface area contributed by atoms with E-state index in [2.05, 4.69) is 37.6 Å². The van der Waals surface area contributed by atoms with Gasteiger partial charge in [0.2, 0.25) is 0 Å². The van der Waals surface area contributed by atoms with E-state index in [1.165, 1.54) is 11.3 Å². The first-order valence-electron chi connectivity index (χ1n) is 9.25. The van der Waals surface area contributed by atoms with E-state index in [0.717, 1.165) is 36.3 Å². The zero-order valence-electron chi connectivity index (χ0n) is 16.1. The molecule has 26 heavy (non-hydrogen) atoms. The molecule has 0 radical (unpaired) electrons. The summed E-state index contributed by atoms with van der Waals surface area (Å²) in [6.07, 6.45) is 3.81. The summed E-state index contributed by atoms with van der Waals surface area (Å²) in [5, 5.41) is 14.3. The molecular formula is C21H28N2O3. The van der Waals surface area contributed by atoms with Gasteiger partial charge in [0, 0.05) is 17.7 Å². The van der Waals surface area contributed by atoms with Gasteiger partial charge in [-0.15, -0.1) is 0 Å². The molecule has 1 aliphatic carbocycles. The lowest BCUT2D eigenvalue weighted by atomic mass is 9.82. The first kappa shape index (κ1) is 18.5. The van der Waals surface area contributed by atoms with Crippen LogP contribution >= 0.6 is 0 Å². The Hall–Kier alpha value is -2.30. The van der Waals surface area contributed by atoms with E-state index >= 15 is 0 Å². The predicted octanol–water partition coefficient (Wildman–Crippen LogP) is 4.13. The van der Waals surface area contributed by atoms with Crippen molar-refractivity contribution in [1.82, 2.24) is 9.78 Å². The van der Waals surface area contributed by atoms with Crippen LogP contribution < -0.4 is 4.74 Å². The third kappa shape index (κ3) is 3.76. The number of ether oxygens (including phenoxy) is 1. The number of hydrogen-bond donors (Lipinski definition) is 1. The standard InChI is InChI=1S/C21H28N2O3/c1-21(2,3)23-18-7-5-6-15(13-19(24)25)20(18)17(22-23)12-14-8-10-16(26-4)11-9-14/h8-11,15H,5-7,12-13H2,1-4H3,(H,24,25). The summed E-state index contributed by atoms with van der Waals surface area (Å²) in [5.41, 5.74) is 4.45. The highest BCUT2D eigenvalue weighted by Gasteiger charge is 2.32. The van der Waals surface area contributed by atoms with Gasteiger partial charge in [-0.2, -0.15) is 5.10 Å². The van der Waals surface area contributed by atoms with Gasteiger partial charge in [-0.3, -0.25) is 9.48 Å². The number of rotatable bonds is 5. The van der Waals surface area contributed by atoms with Crippen molar-refractivity contribution in [3.05, 3.63) is 46.8 Å². The fourth-order valence-corrected chi connectivity index (χ4v) is 3.92. The monoisotopic (exact) mass is 356 g/mol. The van der Waals surface area contributed by atoms with Gasteiger partial charge in [-0.05, 0) is 63.6 Å². The molecule has 0 saturated carbocycles. The Morgan fingerprint density at radius 3 is 2.58 bits per heavy atom. The maximum absolute atomic E-state index is 11.4. The highest BCUT2D eigenvalue weighted by atomic mass is 16.5. The van der Waals surface area contributed by atoms with Crippen molar-refractivity contribution in [2.75, 3.05) is 7.11 Å². The van der Waals surface area contributed by atoms with Gasteiger partial charge in [0.1, 0.15) is 5.75 Å². The SMILES string of the molecule is COc1ccc(Cc2nn(C(C)(C)C)c3c2C(CC(=O)O)CCC3)cc1. The van der Waals surface area contributed by atoms with Crippen LogP contribution in [0.3, 0.4) is 0 Å². The third-order valence-electron chi connectivity index (χ3n) is 5.06. The van der Waals surface area contributed by atoms with Crippen LogP contribution in [-0.2, 0) is 23.2 Å². The molecule has 0 fully saturated rings. The highest BCUT2D eigenvalue weighted by Crippen LogP contribution is 2.39. The van der Waals surface area contributed by atoms with Gasteiger partial charge in [0.05, 0.1) is 24.8 Å². The molecule has 0 saturated heterocycles. The summed E-state index contributed by atoms with van der Waals surface area (Å²) < 4.78 is 7.35. The lowest BCUT2D eigenvalue weighted by molar-refractivity contribution is -0.137. The van der Waals surface area contributed by atoms with Crippen LogP contribution in [0.4, 0.5) is 0 Å². The van der Waals surface area contributed by atoms with Crippen molar-refractivity contribution in [2.24, 2.45) is 0 Å². The Morgan fingerprint density at radius 2 is 2.00 bits per heavy atom. The van der Waals surface area contributed by atoms with Crippen LogP contribution in [0.15, 0.2) is 24.3 Å². The number of carbonyl (C=O) groups is 1. The van der Waals surface area contributed by atoms with Crippen LogP contribution in [0.5, 0.6) is 5.75 Å². The highest BCUT2D eigenvalue weighted by molar-refractivity contribution is 5.68. The van der Waals surface area contributed by atoms with Gasteiger partial charge in [-0.25, -0.2) is 0 Å². The number of aromatic nitrogens is 2. The molecule has 1 atom stereocenters. The van der Waals surface area contributed by atoms with Crippen molar-refractivity contribution in [3.63, 3.8) is 0 Å². The minimum absolute atomic E-state index is 0.0561. The average molecular weight is 356 g/mol. The normalized spacial score (nSPS) is 17.0. The maximum atomic E-state index is 11.4. The summed E-state index contributed by atoms with van der Waals surface area (Å²) in [4.78, 5) is 11.4.